The highest BCUT2D eigenvalue weighted by molar-refractivity contribution is 5.39. The third-order valence-electron chi connectivity index (χ3n) is 4.30. The smallest absolute Gasteiger partial charge is 0.122 e. The molecule has 2 N–H and O–H groups in total. The van der Waals surface area contributed by atoms with Gasteiger partial charge in [-0.05, 0) is 30.0 Å². The molecule has 0 amide bonds. The highest BCUT2D eigenvalue weighted by Gasteiger charge is 2.37. The van der Waals surface area contributed by atoms with Gasteiger partial charge in [-0.3, -0.25) is 4.90 Å². The lowest BCUT2D eigenvalue weighted by atomic mass is 9.86. The molecule has 0 saturated carbocycles. The molecule has 3 nitrogen and oxygen atoms in total. The minimum absolute atomic E-state index is 0.0977. The molecule has 2 heterocycles. The normalized spacial score (nSPS) is 20.7. The predicted molar refractivity (Wildman–Crippen MR) is 77.6 cm³/mol. The molecule has 1 aromatic carbocycles. The van der Waals surface area contributed by atoms with E-state index in [1.807, 2.05) is 0 Å². The van der Waals surface area contributed by atoms with E-state index < -0.39 is 0 Å². The Morgan fingerprint density at radius 2 is 2.21 bits per heavy atom. The third kappa shape index (κ3) is 2.77. The fraction of sp³-hybridized carbons (Fsp3) is 0.625. The van der Waals surface area contributed by atoms with E-state index in [9.17, 15) is 0 Å². The summed E-state index contributed by atoms with van der Waals surface area (Å²) in [5.41, 5.74) is 9.19. The van der Waals surface area contributed by atoms with E-state index in [1.165, 1.54) is 17.5 Å². The molecule has 0 bridgehead atoms. The van der Waals surface area contributed by atoms with Gasteiger partial charge < -0.3 is 10.5 Å². The molecule has 0 radical (unpaired) electrons. The van der Waals surface area contributed by atoms with Crippen LogP contribution in [0, 0.1) is 0 Å². The van der Waals surface area contributed by atoms with Crippen LogP contribution in [0.5, 0.6) is 5.75 Å². The number of benzene rings is 1. The summed E-state index contributed by atoms with van der Waals surface area (Å²) in [4.78, 5) is 2.47. The van der Waals surface area contributed by atoms with E-state index in [2.05, 4.69) is 30.0 Å². The van der Waals surface area contributed by atoms with Crippen molar-refractivity contribution in [3.8, 4) is 5.75 Å². The first-order chi connectivity index (χ1) is 9.18. The standard InChI is InChI=1S/C16H24N2O/c1-2-7-16(17)11-18(12-16)8-5-13-3-4-15-14(10-13)6-9-19-15/h3-4,10H,2,5-9,11-12,17H2,1H3. The van der Waals surface area contributed by atoms with Crippen LogP contribution in [0.1, 0.15) is 30.9 Å². The van der Waals surface area contributed by atoms with Gasteiger partial charge >= 0.3 is 0 Å². The number of ether oxygens (including phenoxy) is 1. The lowest BCUT2D eigenvalue weighted by Crippen LogP contribution is -2.67. The molecule has 2 aliphatic heterocycles. The summed E-state index contributed by atoms with van der Waals surface area (Å²) in [6.07, 6.45) is 4.53. The molecule has 3 rings (SSSR count). The zero-order chi connectivity index (χ0) is 13.3. The van der Waals surface area contributed by atoms with Gasteiger partial charge in [-0.25, -0.2) is 0 Å². The minimum atomic E-state index is 0.0977. The van der Waals surface area contributed by atoms with Crippen molar-refractivity contribution in [2.45, 2.75) is 38.1 Å². The zero-order valence-corrected chi connectivity index (χ0v) is 11.8. The number of nitrogens with two attached hydrogens (primary N) is 1. The van der Waals surface area contributed by atoms with E-state index in [4.69, 9.17) is 10.5 Å². The number of likely N-dealkylation sites (tertiary alicyclic amines) is 1. The lowest BCUT2D eigenvalue weighted by molar-refractivity contribution is 0.0652. The molecule has 0 aliphatic carbocycles. The van der Waals surface area contributed by atoms with E-state index in [-0.39, 0.29) is 5.54 Å². The van der Waals surface area contributed by atoms with Crippen LogP contribution < -0.4 is 10.5 Å². The molecular formula is C16H24N2O. The van der Waals surface area contributed by atoms with Crippen LogP contribution in [0.4, 0.5) is 0 Å². The maximum absolute atomic E-state index is 6.29. The maximum atomic E-state index is 6.29. The molecule has 1 fully saturated rings. The number of hydrogen-bond acceptors (Lipinski definition) is 3. The zero-order valence-electron chi connectivity index (χ0n) is 11.8. The van der Waals surface area contributed by atoms with Crippen LogP contribution in [0.3, 0.4) is 0 Å². The van der Waals surface area contributed by atoms with Crippen LogP contribution in [0.15, 0.2) is 18.2 Å². The Hall–Kier alpha value is -1.06. The second-order valence-electron chi connectivity index (χ2n) is 6.11. The highest BCUT2D eigenvalue weighted by atomic mass is 16.5. The Bertz CT molecular complexity index is 452. The van der Waals surface area contributed by atoms with Crippen LogP contribution in [0.25, 0.3) is 0 Å². The summed E-state index contributed by atoms with van der Waals surface area (Å²) in [7, 11) is 0. The molecule has 0 atom stereocenters. The quantitative estimate of drug-likeness (QED) is 0.880. The Labute approximate surface area is 115 Å². The Kier molecular flexibility index (Phi) is 3.50. The first-order valence-corrected chi connectivity index (χ1v) is 7.44. The molecule has 19 heavy (non-hydrogen) atoms. The second-order valence-corrected chi connectivity index (χ2v) is 6.11. The van der Waals surface area contributed by atoms with Crippen LogP contribution in [-0.4, -0.2) is 36.7 Å². The van der Waals surface area contributed by atoms with Gasteiger partial charge in [0.05, 0.1) is 6.61 Å². The topological polar surface area (TPSA) is 38.5 Å². The SMILES string of the molecule is CCCC1(N)CN(CCc2ccc3c(c2)CCO3)C1. The van der Waals surface area contributed by atoms with Gasteiger partial charge in [0, 0.05) is 31.6 Å². The summed E-state index contributed by atoms with van der Waals surface area (Å²) in [6, 6.07) is 6.63. The molecule has 1 aromatic rings. The third-order valence-corrected chi connectivity index (χ3v) is 4.30. The molecular weight excluding hydrogens is 236 g/mol. The Balaban J connectivity index is 1.49. The number of rotatable bonds is 5. The maximum Gasteiger partial charge on any atom is 0.122 e. The van der Waals surface area contributed by atoms with Crippen molar-refractivity contribution in [2.24, 2.45) is 5.73 Å². The fourth-order valence-electron chi connectivity index (χ4n) is 3.34. The molecule has 0 aromatic heterocycles. The van der Waals surface area contributed by atoms with E-state index in [0.717, 1.165) is 51.3 Å². The average molecular weight is 260 g/mol. The first-order valence-electron chi connectivity index (χ1n) is 7.44. The van der Waals surface area contributed by atoms with Crippen molar-refractivity contribution in [3.63, 3.8) is 0 Å². The van der Waals surface area contributed by atoms with Gasteiger partial charge in [0.25, 0.3) is 0 Å². The van der Waals surface area contributed by atoms with Gasteiger partial charge in [0.1, 0.15) is 5.75 Å². The van der Waals surface area contributed by atoms with Crippen LogP contribution in [-0.2, 0) is 12.8 Å². The van der Waals surface area contributed by atoms with Crippen molar-refractivity contribution in [1.82, 2.24) is 4.90 Å². The van der Waals surface area contributed by atoms with E-state index in [1.54, 1.807) is 0 Å². The molecule has 0 spiro atoms. The Morgan fingerprint density at radius 1 is 1.37 bits per heavy atom. The van der Waals surface area contributed by atoms with Crippen molar-refractivity contribution >= 4 is 0 Å². The lowest BCUT2D eigenvalue weighted by Gasteiger charge is -2.48. The molecule has 3 heteroatoms. The summed E-state index contributed by atoms with van der Waals surface area (Å²) in [5.74, 6) is 1.08. The highest BCUT2D eigenvalue weighted by Crippen LogP contribution is 2.27. The fourth-order valence-corrected chi connectivity index (χ4v) is 3.34. The Morgan fingerprint density at radius 3 is 3.00 bits per heavy atom. The predicted octanol–water partition coefficient (Wildman–Crippen LogP) is 1.98. The number of nitrogens with zero attached hydrogens (tertiary/aromatic N) is 1. The number of hydrogen-bond donors (Lipinski definition) is 1. The summed E-state index contributed by atoms with van der Waals surface area (Å²) >= 11 is 0. The summed E-state index contributed by atoms with van der Waals surface area (Å²) in [5, 5.41) is 0. The van der Waals surface area contributed by atoms with E-state index in [0.29, 0.717) is 0 Å². The largest absolute Gasteiger partial charge is 0.493 e. The van der Waals surface area contributed by atoms with Crippen molar-refractivity contribution < 1.29 is 4.74 Å². The van der Waals surface area contributed by atoms with Crippen LogP contribution >= 0.6 is 0 Å². The van der Waals surface area contributed by atoms with Crippen LogP contribution in [0.2, 0.25) is 0 Å². The molecule has 2 aliphatic rings. The average Bonchev–Trinajstić information content (AvgIpc) is 2.81. The van der Waals surface area contributed by atoms with Gasteiger partial charge in [0.2, 0.25) is 0 Å². The second kappa shape index (κ2) is 5.14. The van der Waals surface area contributed by atoms with Crippen molar-refractivity contribution in [1.29, 1.82) is 0 Å². The molecule has 104 valence electrons. The molecule has 1 saturated heterocycles. The number of fused-ring (bicyclic) bond motifs is 1. The van der Waals surface area contributed by atoms with Gasteiger partial charge in [-0.1, -0.05) is 25.5 Å². The molecule has 0 unspecified atom stereocenters. The van der Waals surface area contributed by atoms with Gasteiger partial charge in [-0.2, -0.15) is 0 Å². The summed E-state index contributed by atoms with van der Waals surface area (Å²) in [6.45, 7) is 6.31. The minimum Gasteiger partial charge on any atom is -0.493 e. The van der Waals surface area contributed by atoms with Gasteiger partial charge in [-0.15, -0.1) is 0 Å². The summed E-state index contributed by atoms with van der Waals surface area (Å²) < 4.78 is 5.54. The van der Waals surface area contributed by atoms with Gasteiger partial charge in [0.15, 0.2) is 0 Å². The van der Waals surface area contributed by atoms with Crippen molar-refractivity contribution in [2.75, 3.05) is 26.2 Å². The van der Waals surface area contributed by atoms with Crippen molar-refractivity contribution in [3.05, 3.63) is 29.3 Å². The first kappa shape index (κ1) is 12.9. The van der Waals surface area contributed by atoms with E-state index >= 15 is 0 Å². The monoisotopic (exact) mass is 260 g/mol.